The summed E-state index contributed by atoms with van der Waals surface area (Å²) in [5, 5.41) is 13.4. The third-order valence-corrected chi connectivity index (χ3v) is 3.38. The number of benzene rings is 2. The zero-order valence-electron chi connectivity index (χ0n) is 12.9. The van der Waals surface area contributed by atoms with Crippen molar-refractivity contribution in [3.05, 3.63) is 60.2 Å². The molecule has 4 nitrogen and oxygen atoms in total. The molecule has 4 heteroatoms. The van der Waals surface area contributed by atoms with Crippen LogP contribution in [-0.2, 0) is 13.0 Å². The van der Waals surface area contributed by atoms with Crippen LogP contribution in [0.3, 0.4) is 0 Å². The zero-order valence-corrected chi connectivity index (χ0v) is 12.9. The number of phenolic OH excluding ortho intramolecular Hbond substituents is 1. The molecule has 0 heterocycles. The van der Waals surface area contributed by atoms with Gasteiger partial charge in [0.15, 0.2) is 11.5 Å². The van der Waals surface area contributed by atoms with Crippen molar-refractivity contribution < 1.29 is 14.6 Å². The summed E-state index contributed by atoms with van der Waals surface area (Å²) in [5.74, 6) is 1.48. The van der Waals surface area contributed by atoms with Crippen molar-refractivity contribution in [1.82, 2.24) is 0 Å². The lowest BCUT2D eigenvalue weighted by molar-refractivity contribution is 0.370. The lowest BCUT2D eigenvalue weighted by atomic mass is 10.1. The van der Waals surface area contributed by atoms with E-state index in [1.807, 2.05) is 36.4 Å². The predicted octanol–water partition coefficient (Wildman–Crippen LogP) is 3.75. The highest BCUT2D eigenvalue weighted by Gasteiger charge is 2.09. The fourth-order valence-electron chi connectivity index (χ4n) is 2.21. The second-order valence-corrected chi connectivity index (χ2v) is 4.88. The molecule has 0 aliphatic heterocycles. The molecule has 0 aromatic heterocycles. The first-order valence-electron chi connectivity index (χ1n) is 7.05. The van der Waals surface area contributed by atoms with Gasteiger partial charge in [-0.1, -0.05) is 6.08 Å². The number of anilines is 1. The quantitative estimate of drug-likeness (QED) is 0.765. The van der Waals surface area contributed by atoms with Crippen LogP contribution in [0.2, 0.25) is 0 Å². The van der Waals surface area contributed by atoms with E-state index in [1.165, 1.54) is 0 Å². The molecule has 2 rings (SSSR count). The largest absolute Gasteiger partial charge is 0.504 e. The molecule has 0 aliphatic rings. The van der Waals surface area contributed by atoms with Crippen LogP contribution in [0.1, 0.15) is 11.1 Å². The second kappa shape index (κ2) is 7.41. The third kappa shape index (κ3) is 3.73. The number of rotatable bonds is 7. The number of hydrogen-bond donors (Lipinski definition) is 2. The molecule has 0 aliphatic carbocycles. The Balaban J connectivity index is 2.14. The van der Waals surface area contributed by atoms with Crippen LogP contribution >= 0.6 is 0 Å². The lowest BCUT2D eigenvalue weighted by Gasteiger charge is -2.13. The van der Waals surface area contributed by atoms with Gasteiger partial charge in [-0.3, -0.25) is 0 Å². The molecular formula is C18H21NO3. The summed E-state index contributed by atoms with van der Waals surface area (Å²) in [5.41, 5.74) is 2.83. The van der Waals surface area contributed by atoms with Gasteiger partial charge in [-0.25, -0.2) is 0 Å². The molecular weight excluding hydrogens is 278 g/mol. The van der Waals surface area contributed by atoms with E-state index in [-0.39, 0.29) is 5.75 Å². The number of phenols is 1. The highest BCUT2D eigenvalue weighted by atomic mass is 16.5. The van der Waals surface area contributed by atoms with Gasteiger partial charge in [0, 0.05) is 17.8 Å². The van der Waals surface area contributed by atoms with Gasteiger partial charge in [-0.05, 0) is 48.4 Å². The van der Waals surface area contributed by atoms with Crippen molar-refractivity contribution in [2.45, 2.75) is 13.0 Å². The minimum Gasteiger partial charge on any atom is -0.504 e. The second-order valence-electron chi connectivity index (χ2n) is 4.88. The molecule has 0 radical (unpaired) electrons. The van der Waals surface area contributed by atoms with E-state index in [1.54, 1.807) is 20.3 Å². The summed E-state index contributed by atoms with van der Waals surface area (Å²) in [4.78, 5) is 0. The molecule has 0 unspecified atom stereocenters. The molecule has 2 N–H and O–H groups in total. The number of nitrogens with one attached hydrogen (secondary N) is 1. The molecule has 2 aromatic rings. The summed E-state index contributed by atoms with van der Waals surface area (Å²) >= 11 is 0. The van der Waals surface area contributed by atoms with Gasteiger partial charge in [-0.15, -0.1) is 6.58 Å². The van der Waals surface area contributed by atoms with E-state index < -0.39 is 0 Å². The average molecular weight is 299 g/mol. The molecule has 0 amide bonds. The minimum absolute atomic E-state index is 0.176. The van der Waals surface area contributed by atoms with Crippen LogP contribution in [0, 0.1) is 0 Å². The summed E-state index contributed by atoms with van der Waals surface area (Å²) in [6, 6.07) is 11.5. The molecule has 0 bridgehead atoms. The summed E-state index contributed by atoms with van der Waals surface area (Å²) in [6.07, 6.45) is 2.35. The maximum absolute atomic E-state index is 10.1. The molecule has 0 saturated carbocycles. The van der Waals surface area contributed by atoms with Gasteiger partial charge >= 0.3 is 0 Å². The Morgan fingerprint density at radius 1 is 1.14 bits per heavy atom. The van der Waals surface area contributed by atoms with E-state index in [2.05, 4.69) is 11.9 Å². The van der Waals surface area contributed by atoms with Crippen LogP contribution in [-0.4, -0.2) is 19.3 Å². The zero-order chi connectivity index (χ0) is 15.9. The molecule has 0 fully saturated rings. The summed E-state index contributed by atoms with van der Waals surface area (Å²) in [6.45, 7) is 4.34. The van der Waals surface area contributed by atoms with Crippen LogP contribution < -0.4 is 14.8 Å². The van der Waals surface area contributed by atoms with Crippen molar-refractivity contribution in [3.8, 4) is 17.2 Å². The fraction of sp³-hybridized carbons (Fsp3) is 0.222. The van der Waals surface area contributed by atoms with Crippen molar-refractivity contribution in [1.29, 1.82) is 0 Å². The van der Waals surface area contributed by atoms with Gasteiger partial charge in [0.05, 0.1) is 14.2 Å². The van der Waals surface area contributed by atoms with Crippen molar-refractivity contribution in [2.24, 2.45) is 0 Å². The van der Waals surface area contributed by atoms with E-state index >= 15 is 0 Å². The first kappa shape index (κ1) is 15.8. The lowest BCUT2D eigenvalue weighted by Crippen LogP contribution is -2.01. The van der Waals surface area contributed by atoms with Gasteiger partial charge in [0.2, 0.25) is 0 Å². The smallest absolute Gasteiger partial charge is 0.161 e. The topological polar surface area (TPSA) is 50.7 Å². The van der Waals surface area contributed by atoms with Gasteiger partial charge in [0.1, 0.15) is 5.75 Å². The molecule has 0 saturated heterocycles. The number of ether oxygens (including phenoxy) is 2. The first-order chi connectivity index (χ1) is 10.7. The van der Waals surface area contributed by atoms with Crippen LogP contribution in [0.4, 0.5) is 5.69 Å². The fourth-order valence-corrected chi connectivity index (χ4v) is 2.21. The van der Waals surface area contributed by atoms with Gasteiger partial charge in [0.25, 0.3) is 0 Å². The summed E-state index contributed by atoms with van der Waals surface area (Å²) in [7, 11) is 3.19. The number of allylic oxidation sites excluding steroid dienone is 1. The highest BCUT2D eigenvalue weighted by molar-refractivity contribution is 5.51. The number of aromatic hydroxyl groups is 1. The Hall–Kier alpha value is -2.62. The van der Waals surface area contributed by atoms with Crippen molar-refractivity contribution in [3.63, 3.8) is 0 Å². The molecule has 22 heavy (non-hydrogen) atoms. The standard InChI is InChI=1S/C18H21NO3/c1-4-5-14-10-13(11-17(22-3)18(14)20)12-19-15-6-8-16(21-2)9-7-15/h4,6-11,19-20H,1,5,12H2,2-3H3. The van der Waals surface area contributed by atoms with Crippen LogP contribution in [0.25, 0.3) is 0 Å². The normalized spacial score (nSPS) is 10.1. The minimum atomic E-state index is 0.176. The van der Waals surface area contributed by atoms with E-state index in [4.69, 9.17) is 9.47 Å². The van der Waals surface area contributed by atoms with Crippen LogP contribution in [0.15, 0.2) is 49.1 Å². The Kier molecular flexibility index (Phi) is 5.31. The molecule has 0 atom stereocenters. The molecule has 2 aromatic carbocycles. The first-order valence-corrected chi connectivity index (χ1v) is 7.05. The molecule has 0 spiro atoms. The highest BCUT2D eigenvalue weighted by Crippen LogP contribution is 2.32. The number of methoxy groups -OCH3 is 2. The monoisotopic (exact) mass is 299 g/mol. The predicted molar refractivity (Wildman–Crippen MR) is 88.9 cm³/mol. The van der Waals surface area contributed by atoms with Crippen LogP contribution in [0.5, 0.6) is 17.2 Å². The van der Waals surface area contributed by atoms with E-state index in [0.29, 0.717) is 18.7 Å². The van der Waals surface area contributed by atoms with E-state index in [9.17, 15) is 5.11 Å². The Labute approximate surface area is 131 Å². The third-order valence-electron chi connectivity index (χ3n) is 3.38. The molecule has 116 valence electrons. The maximum atomic E-state index is 10.1. The average Bonchev–Trinajstić information content (AvgIpc) is 2.56. The van der Waals surface area contributed by atoms with Crippen molar-refractivity contribution >= 4 is 5.69 Å². The number of hydrogen-bond acceptors (Lipinski definition) is 4. The summed E-state index contributed by atoms with van der Waals surface area (Å²) < 4.78 is 10.4. The van der Waals surface area contributed by atoms with Gasteiger partial charge in [-0.2, -0.15) is 0 Å². The Morgan fingerprint density at radius 2 is 1.86 bits per heavy atom. The van der Waals surface area contributed by atoms with Crippen molar-refractivity contribution in [2.75, 3.05) is 19.5 Å². The SMILES string of the molecule is C=CCc1cc(CNc2ccc(OC)cc2)cc(OC)c1O. The Morgan fingerprint density at radius 3 is 2.45 bits per heavy atom. The van der Waals surface area contributed by atoms with E-state index in [0.717, 1.165) is 22.6 Å². The Bertz CT molecular complexity index is 636. The van der Waals surface area contributed by atoms with Gasteiger partial charge < -0.3 is 19.9 Å². The maximum Gasteiger partial charge on any atom is 0.161 e.